The van der Waals surface area contributed by atoms with E-state index >= 15 is 0 Å². The Kier molecular flexibility index (Phi) is 4.33. The molecule has 4 aromatic rings. The number of rotatable bonds is 3. The van der Waals surface area contributed by atoms with Crippen LogP contribution < -0.4 is 5.32 Å². The molecule has 1 amide bonds. The van der Waals surface area contributed by atoms with Crippen LogP contribution in [0.5, 0.6) is 0 Å². The number of halogens is 2. The highest BCUT2D eigenvalue weighted by Crippen LogP contribution is 2.26. The molecule has 1 aromatic carbocycles. The molecule has 7 nitrogen and oxygen atoms in total. The molecule has 0 saturated heterocycles. The van der Waals surface area contributed by atoms with Crippen LogP contribution in [0.1, 0.15) is 16.2 Å². The van der Waals surface area contributed by atoms with Gasteiger partial charge in [0.2, 0.25) is 0 Å². The zero-order valence-electron chi connectivity index (χ0n) is 14.4. The van der Waals surface area contributed by atoms with E-state index in [1.807, 2.05) is 20.0 Å². The molecular formula is C18H14Cl2N6O. The molecule has 3 aromatic heterocycles. The Balaban J connectivity index is 1.71. The van der Waals surface area contributed by atoms with Gasteiger partial charge in [-0.25, -0.2) is 9.50 Å². The Hall–Kier alpha value is -2.90. The van der Waals surface area contributed by atoms with Crippen LogP contribution in [0.4, 0.5) is 5.69 Å². The fourth-order valence-corrected chi connectivity index (χ4v) is 3.03. The number of benzene rings is 1. The molecule has 0 radical (unpaired) electrons. The second kappa shape index (κ2) is 6.68. The smallest absolute Gasteiger partial charge is 0.276 e. The molecule has 0 aliphatic carbocycles. The Bertz CT molecular complexity index is 1180. The van der Waals surface area contributed by atoms with Crippen molar-refractivity contribution in [2.24, 2.45) is 7.05 Å². The van der Waals surface area contributed by atoms with Gasteiger partial charge in [0.1, 0.15) is 0 Å². The molecule has 0 atom stereocenters. The van der Waals surface area contributed by atoms with Crippen molar-refractivity contribution < 1.29 is 4.79 Å². The summed E-state index contributed by atoms with van der Waals surface area (Å²) in [6.07, 6.45) is 3.45. The predicted molar refractivity (Wildman–Crippen MR) is 104 cm³/mol. The van der Waals surface area contributed by atoms with Gasteiger partial charge in [-0.15, -0.1) is 0 Å². The molecule has 0 spiro atoms. The molecule has 0 unspecified atom stereocenters. The molecule has 1 N–H and O–H groups in total. The quantitative estimate of drug-likeness (QED) is 0.563. The highest BCUT2D eigenvalue weighted by atomic mass is 35.5. The second-order valence-electron chi connectivity index (χ2n) is 5.98. The predicted octanol–water partition coefficient (Wildman–Crippen LogP) is 4.00. The summed E-state index contributed by atoms with van der Waals surface area (Å²) in [6, 6.07) is 8.34. The molecule has 3 heterocycles. The van der Waals surface area contributed by atoms with Crippen molar-refractivity contribution in [3.05, 3.63) is 64.2 Å². The topological polar surface area (TPSA) is 77.1 Å². The molecule has 0 bridgehead atoms. The van der Waals surface area contributed by atoms with Crippen molar-refractivity contribution in [3.63, 3.8) is 0 Å². The summed E-state index contributed by atoms with van der Waals surface area (Å²) in [4.78, 5) is 16.9. The van der Waals surface area contributed by atoms with E-state index in [0.29, 0.717) is 21.4 Å². The maximum atomic E-state index is 12.6. The van der Waals surface area contributed by atoms with Crippen LogP contribution in [0, 0.1) is 6.92 Å². The fourth-order valence-electron chi connectivity index (χ4n) is 2.73. The third kappa shape index (κ3) is 3.15. The number of hydrogen-bond acceptors (Lipinski definition) is 4. The van der Waals surface area contributed by atoms with Crippen molar-refractivity contribution in [2.45, 2.75) is 6.92 Å². The number of anilines is 1. The van der Waals surface area contributed by atoms with Crippen LogP contribution in [0.2, 0.25) is 10.0 Å². The Morgan fingerprint density at radius 1 is 1.15 bits per heavy atom. The second-order valence-corrected chi connectivity index (χ2v) is 6.79. The number of carbonyl (C=O) groups is 1. The number of aromatic nitrogens is 5. The van der Waals surface area contributed by atoms with Crippen molar-refractivity contribution >= 4 is 40.4 Å². The minimum atomic E-state index is -0.368. The number of carbonyl (C=O) groups excluding carboxylic acids is 1. The van der Waals surface area contributed by atoms with Crippen molar-refractivity contribution in [2.75, 3.05) is 5.32 Å². The normalized spacial score (nSPS) is 11.1. The first-order chi connectivity index (χ1) is 12.9. The lowest BCUT2D eigenvalue weighted by molar-refractivity contribution is 0.102. The van der Waals surface area contributed by atoms with Crippen molar-refractivity contribution in [1.82, 2.24) is 24.4 Å². The van der Waals surface area contributed by atoms with Gasteiger partial charge < -0.3 is 5.32 Å². The van der Waals surface area contributed by atoms with Crippen LogP contribution in [-0.4, -0.2) is 30.3 Å². The van der Waals surface area contributed by atoms with Gasteiger partial charge >= 0.3 is 0 Å². The van der Waals surface area contributed by atoms with Gasteiger partial charge in [0.05, 0.1) is 21.9 Å². The molecule has 27 heavy (non-hydrogen) atoms. The van der Waals surface area contributed by atoms with Crippen LogP contribution in [0.15, 0.2) is 42.7 Å². The SMILES string of the molecule is Cc1c(-c2ccnc3cc(C(=O)Nc4ccc(Cl)c(Cl)c4)nn23)cnn1C. The Labute approximate surface area is 164 Å². The highest BCUT2D eigenvalue weighted by Gasteiger charge is 2.16. The summed E-state index contributed by atoms with van der Waals surface area (Å²) >= 11 is 11.9. The number of amides is 1. The monoisotopic (exact) mass is 400 g/mol. The van der Waals surface area contributed by atoms with E-state index in [2.05, 4.69) is 20.5 Å². The van der Waals surface area contributed by atoms with E-state index < -0.39 is 0 Å². The van der Waals surface area contributed by atoms with E-state index in [1.165, 1.54) is 0 Å². The van der Waals surface area contributed by atoms with Gasteiger partial charge in [0, 0.05) is 36.3 Å². The van der Waals surface area contributed by atoms with E-state index in [4.69, 9.17) is 23.2 Å². The van der Waals surface area contributed by atoms with Gasteiger partial charge in [-0.3, -0.25) is 9.48 Å². The summed E-state index contributed by atoms with van der Waals surface area (Å²) < 4.78 is 3.41. The maximum Gasteiger partial charge on any atom is 0.276 e. The van der Waals surface area contributed by atoms with Gasteiger partial charge in [-0.2, -0.15) is 10.2 Å². The van der Waals surface area contributed by atoms with Crippen molar-refractivity contribution in [3.8, 4) is 11.3 Å². The van der Waals surface area contributed by atoms with Gasteiger partial charge in [-0.05, 0) is 31.2 Å². The number of aryl methyl sites for hydroxylation is 1. The van der Waals surface area contributed by atoms with E-state index in [9.17, 15) is 4.79 Å². The summed E-state index contributed by atoms with van der Waals surface area (Å²) in [5.41, 5.74) is 4.05. The van der Waals surface area contributed by atoms with E-state index in [1.54, 1.807) is 45.9 Å². The maximum absolute atomic E-state index is 12.6. The number of nitrogens with zero attached hydrogens (tertiary/aromatic N) is 5. The van der Waals surface area contributed by atoms with Gasteiger partial charge in [0.25, 0.3) is 5.91 Å². The van der Waals surface area contributed by atoms with Crippen LogP contribution in [-0.2, 0) is 7.05 Å². The fraction of sp³-hybridized carbons (Fsp3) is 0.111. The molecule has 0 aliphatic rings. The zero-order valence-corrected chi connectivity index (χ0v) is 16.0. The first kappa shape index (κ1) is 17.5. The summed E-state index contributed by atoms with van der Waals surface area (Å²) in [6.45, 7) is 1.97. The molecule has 0 saturated carbocycles. The minimum absolute atomic E-state index is 0.238. The van der Waals surface area contributed by atoms with Gasteiger partial charge in [0.15, 0.2) is 11.3 Å². The van der Waals surface area contributed by atoms with Crippen LogP contribution in [0.25, 0.3) is 16.9 Å². The molecule has 0 aliphatic heterocycles. The van der Waals surface area contributed by atoms with Crippen molar-refractivity contribution in [1.29, 1.82) is 0 Å². The average Bonchev–Trinajstić information content (AvgIpc) is 3.22. The van der Waals surface area contributed by atoms with E-state index in [-0.39, 0.29) is 11.6 Å². The lowest BCUT2D eigenvalue weighted by Gasteiger charge is -2.05. The summed E-state index contributed by atoms with van der Waals surface area (Å²) in [5, 5.41) is 12.2. The first-order valence-corrected chi connectivity index (χ1v) is 8.80. The van der Waals surface area contributed by atoms with Crippen LogP contribution >= 0.6 is 23.2 Å². The molecule has 9 heteroatoms. The molecular weight excluding hydrogens is 387 g/mol. The standard InChI is InChI=1S/C18H14Cl2N6O/c1-10-12(9-22-25(10)2)16-5-6-21-17-8-15(24-26(16)17)18(27)23-11-3-4-13(19)14(20)7-11/h3-9H,1-2H3,(H,23,27). The Morgan fingerprint density at radius 3 is 2.67 bits per heavy atom. The van der Waals surface area contributed by atoms with Gasteiger partial charge in [-0.1, -0.05) is 23.2 Å². The molecule has 0 fully saturated rings. The van der Waals surface area contributed by atoms with Crippen LogP contribution in [0.3, 0.4) is 0 Å². The lowest BCUT2D eigenvalue weighted by Crippen LogP contribution is -2.12. The third-order valence-corrected chi connectivity index (χ3v) is 5.02. The molecule has 136 valence electrons. The number of nitrogens with one attached hydrogen (secondary N) is 1. The summed E-state index contributed by atoms with van der Waals surface area (Å²) in [7, 11) is 1.87. The number of hydrogen-bond donors (Lipinski definition) is 1. The number of fused-ring (bicyclic) bond motifs is 1. The Morgan fingerprint density at radius 2 is 1.96 bits per heavy atom. The molecule has 4 rings (SSSR count). The largest absolute Gasteiger partial charge is 0.321 e. The van der Waals surface area contributed by atoms with E-state index in [0.717, 1.165) is 17.0 Å². The minimum Gasteiger partial charge on any atom is -0.321 e. The third-order valence-electron chi connectivity index (χ3n) is 4.28. The first-order valence-electron chi connectivity index (χ1n) is 8.04. The highest BCUT2D eigenvalue weighted by molar-refractivity contribution is 6.42. The lowest BCUT2D eigenvalue weighted by atomic mass is 10.2. The average molecular weight is 401 g/mol. The summed E-state index contributed by atoms with van der Waals surface area (Å²) in [5.74, 6) is -0.368. The zero-order chi connectivity index (χ0) is 19.1.